The van der Waals surface area contributed by atoms with E-state index in [0.29, 0.717) is 111 Å². The first-order valence-corrected chi connectivity index (χ1v) is 17.9. The standard InChI is InChI=1S/C28H52N4O12.C8H10O/c1-4-24(2)25(23-27(30-3)32(35)36)28(34)31-6-8-38-10-12-40-14-16-42-18-20-44-22-21-43-19-17-41-15-13-39-11-9-37-7-5-26(29)33;1-2-7-3-5-8(9)6-4-7/h23,30H,4-22H2,1-3H3,(H2,29,33)(H,31,34);3-6,9H,2H2,1H3/b25-24-,27-23+;. The Morgan fingerprint density at radius 2 is 1.13 bits per heavy atom. The van der Waals surface area contributed by atoms with Gasteiger partial charge in [0.15, 0.2) is 0 Å². The normalized spacial score (nSPS) is 11.7. The van der Waals surface area contributed by atoms with Gasteiger partial charge in [-0.15, -0.1) is 0 Å². The fourth-order valence-corrected chi connectivity index (χ4v) is 3.80. The van der Waals surface area contributed by atoms with E-state index in [0.717, 1.165) is 12.0 Å². The van der Waals surface area contributed by atoms with Crippen molar-refractivity contribution < 1.29 is 57.5 Å². The van der Waals surface area contributed by atoms with E-state index in [1.54, 1.807) is 19.1 Å². The average molecular weight is 759 g/mol. The molecule has 0 aromatic heterocycles. The number of aromatic hydroxyl groups is 1. The monoisotopic (exact) mass is 758 g/mol. The van der Waals surface area contributed by atoms with Gasteiger partial charge in [0.25, 0.3) is 5.91 Å². The number of carbonyl (C=O) groups excluding carboxylic acids is 2. The predicted molar refractivity (Wildman–Crippen MR) is 198 cm³/mol. The zero-order valence-electron chi connectivity index (χ0n) is 31.9. The van der Waals surface area contributed by atoms with Crippen molar-refractivity contribution in [2.24, 2.45) is 5.73 Å². The van der Waals surface area contributed by atoms with Crippen LogP contribution in [-0.4, -0.2) is 141 Å². The van der Waals surface area contributed by atoms with Crippen LogP contribution < -0.4 is 16.4 Å². The number of allylic oxidation sites excluding steroid dienone is 1. The second-order valence-corrected chi connectivity index (χ2v) is 11.0. The van der Waals surface area contributed by atoms with Gasteiger partial charge in [-0.3, -0.25) is 14.9 Å². The molecule has 1 aromatic rings. The molecule has 1 aromatic carbocycles. The van der Waals surface area contributed by atoms with Crippen molar-refractivity contribution in [3.8, 4) is 5.75 Å². The molecule has 5 N–H and O–H groups in total. The molecule has 0 saturated carbocycles. The van der Waals surface area contributed by atoms with Gasteiger partial charge in [-0.2, -0.15) is 0 Å². The molecule has 0 aliphatic carbocycles. The third-order valence-corrected chi connectivity index (χ3v) is 6.94. The summed E-state index contributed by atoms with van der Waals surface area (Å²) in [7, 11) is 1.43. The van der Waals surface area contributed by atoms with Crippen molar-refractivity contribution in [2.75, 3.05) is 119 Å². The molecular formula is C36H62N4O13. The molecule has 53 heavy (non-hydrogen) atoms. The van der Waals surface area contributed by atoms with Crippen molar-refractivity contribution in [2.45, 2.75) is 40.0 Å². The quantitative estimate of drug-likeness (QED) is 0.0265. The largest absolute Gasteiger partial charge is 0.508 e. The molecule has 0 aliphatic rings. The van der Waals surface area contributed by atoms with E-state index >= 15 is 0 Å². The lowest BCUT2D eigenvalue weighted by Crippen LogP contribution is -2.30. The summed E-state index contributed by atoms with van der Waals surface area (Å²) in [4.78, 5) is 33.5. The summed E-state index contributed by atoms with van der Waals surface area (Å²) in [5.41, 5.74) is 7.27. The second-order valence-electron chi connectivity index (χ2n) is 11.0. The molecule has 0 heterocycles. The molecule has 0 spiro atoms. The lowest BCUT2D eigenvalue weighted by Gasteiger charge is -2.10. The van der Waals surface area contributed by atoms with Crippen LogP contribution in [0.3, 0.4) is 0 Å². The summed E-state index contributed by atoms with van der Waals surface area (Å²) >= 11 is 0. The Morgan fingerprint density at radius 3 is 1.47 bits per heavy atom. The summed E-state index contributed by atoms with van der Waals surface area (Å²) in [5, 5.41) is 25.1. The molecule has 17 nitrogen and oxygen atoms in total. The number of nitrogens with zero attached hydrogens (tertiary/aromatic N) is 1. The molecular weight excluding hydrogens is 696 g/mol. The van der Waals surface area contributed by atoms with Gasteiger partial charge in [0.1, 0.15) is 5.75 Å². The number of benzene rings is 1. The van der Waals surface area contributed by atoms with E-state index in [9.17, 15) is 19.7 Å². The minimum absolute atomic E-state index is 0.208. The topological polar surface area (TPSA) is 221 Å². The third kappa shape index (κ3) is 30.5. The van der Waals surface area contributed by atoms with Crippen LogP contribution in [0, 0.1) is 10.1 Å². The van der Waals surface area contributed by atoms with Gasteiger partial charge in [0, 0.05) is 24.6 Å². The molecule has 0 fully saturated rings. The summed E-state index contributed by atoms with van der Waals surface area (Å²) in [5.74, 6) is -0.693. The van der Waals surface area contributed by atoms with Gasteiger partial charge in [-0.05, 0) is 42.4 Å². The molecule has 0 aliphatic heterocycles. The van der Waals surface area contributed by atoms with E-state index in [1.807, 2.05) is 19.1 Å². The average Bonchev–Trinajstić information content (AvgIpc) is 3.14. The van der Waals surface area contributed by atoms with Crippen LogP contribution in [0.25, 0.3) is 0 Å². The van der Waals surface area contributed by atoms with Crippen LogP contribution in [0.15, 0.2) is 47.3 Å². The van der Waals surface area contributed by atoms with E-state index in [2.05, 4.69) is 17.6 Å². The molecule has 17 heteroatoms. The molecule has 0 radical (unpaired) electrons. The maximum atomic E-state index is 12.5. The van der Waals surface area contributed by atoms with Crippen LogP contribution in [0.2, 0.25) is 0 Å². The molecule has 2 amide bonds. The Hall–Kier alpha value is -3.68. The molecule has 0 atom stereocenters. The highest BCUT2D eigenvalue weighted by atomic mass is 16.6. The number of amides is 2. The minimum Gasteiger partial charge on any atom is -0.508 e. The number of carbonyl (C=O) groups is 2. The number of rotatable bonds is 33. The highest BCUT2D eigenvalue weighted by Crippen LogP contribution is 2.12. The number of phenolic OH excluding ortho intramolecular Hbond substituents is 1. The van der Waals surface area contributed by atoms with E-state index < -0.39 is 10.8 Å². The number of phenols is 1. The van der Waals surface area contributed by atoms with Crippen molar-refractivity contribution in [3.05, 3.63) is 63.0 Å². The summed E-state index contributed by atoms with van der Waals surface area (Å²) in [6, 6.07) is 7.27. The van der Waals surface area contributed by atoms with Gasteiger partial charge in [0.05, 0.1) is 113 Å². The number of primary amides is 1. The Balaban J connectivity index is 0.00000259. The van der Waals surface area contributed by atoms with E-state index in [4.69, 9.17) is 48.7 Å². The van der Waals surface area contributed by atoms with Crippen LogP contribution in [-0.2, 0) is 53.9 Å². The number of nitrogens with two attached hydrogens (primary N) is 1. The Labute approximate surface area is 313 Å². The first kappa shape index (κ1) is 49.3. The lowest BCUT2D eigenvalue weighted by atomic mass is 10.1. The lowest BCUT2D eigenvalue weighted by molar-refractivity contribution is -0.431. The van der Waals surface area contributed by atoms with Crippen molar-refractivity contribution in [1.82, 2.24) is 10.6 Å². The highest BCUT2D eigenvalue weighted by Gasteiger charge is 2.15. The number of ether oxygens (including phenoxy) is 8. The van der Waals surface area contributed by atoms with Crippen LogP contribution in [0.5, 0.6) is 5.75 Å². The number of nitrogens with one attached hydrogen (secondary N) is 2. The Bertz CT molecular complexity index is 1150. The zero-order valence-corrected chi connectivity index (χ0v) is 31.9. The first-order chi connectivity index (χ1) is 25.7. The van der Waals surface area contributed by atoms with Crippen LogP contribution in [0.1, 0.15) is 39.2 Å². The minimum atomic E-state index is -0.575. The van der Waals surface area contributed by atoms with Gasteiger partial charge in [0.2, 0.25) is 5.91 Å². The summed E-state index contributed by atoms with van der Waals surface area (Å²) in [6.07, 6.45) is 3.06. The van der Waals surface area contributed by atoms with Gasteiger partial charge >= 0.3 is 5.82 Å². The van der Waals surface area contributed by atoms with E-state index in [1.165, 1.54) is 18.7 Å². The molecule has 1 rings (SSSR count). The molecule has 0 unspecified atom stereocenters. The Morgan fingerprint density at radius 1 is 0.736 bits per heavy atom. The summed E-state index contributed by atoms with van der Waals surface area (Å²) in [6.45, 7) is 12.6. The number of hydrogen-bond donors (Lipinski definition) is 4. The highest BCUT2D eigenvalue weighted by molar-refractivity contribution is 5.97. The predicted octanol–water partition coefficient (Wildman–Crippen LogP) is 2.13. The van der Waals surface area contributed by atoms with Crippen molar-refractivity contribution in [3.63, 3.8) is 0 Å². The maximum Gasteiger partial charge on any atom is 0.316 e. The fraction of sp³-hybridized carbons (Fsp3) is 0.667. The smallest absolute Gasteiger partial charge is 0.316 e. The van der Waals surface area contributed by atoms with E-state index in [-0.39, 0.29) is 36.9 Å². The first-order valence-electron chi connectivity index (χ1n) is 17.9. The van der Waals surface area contributed by atoms with Gasteiger partial charge < -0.3 is 64.2 Å². The van der Waals surface area contributed by atoms with Crippen LogP contribution in [0.4, 0.5) is 0 Å². The second kappa shape index (κ2) is 35.4. The number of hydrogen-bond acceptors (Lipinski definition) is 14. The number of nitro groups is 1. The zero-order chi connectivity index (χ0) is 39.4. The summed E-state index contributed by atoms with van der Waals surface area (Å²) < 4.78 is 43.1. The molecule has 304 valence electrons. The van der Waals surface area contributed by atoms with Gasteiger partial charge in [-0.1, -0.05) is 31.6 Å². The molecule has 0 bridgehead atoms. The van der Waals surface area contributed by atoms with Crippen LogP contribution >= 0.6 is 0 Å². The molecule has 0 saturated heterocycles. The SMILES string of the molecule is CC/C(C)=C(/C=C(\NC)[N+](=O)[O-])C(=O)NCCOCCOCCOCCOCCOCCOCCOCCOCCC(N)=O.CCc1ccc(O)cc1. The van der Waals surface area contributed by atoms with Crippen molar-refractivity contribution in [1.29, 1.82) is 0 Å². The fourth-order valence-electron chi connectivity index (χ4n) is 3.80. The maximum absolute atomic E-state index is 12.5. The van der Waals surface area contributed by atoms with Crippen molar-refractivity contribution >= 4 is 11.8 Å². The number of aryl methyl sites for hydroxylation is 1. The third-order valence-electron chi connectivity index (χ3n) is 6.94. The Kier molecular flexibility index (Phi) is 32.9. The van der Waals surface area contributed by atoms with Gasteiger partial charge in [-0.25, -0.2) is 0 Å².